The molecule has 0 aromatic heterocycles. The highest BCUT2D eigenvalue weighted by molar-refractivity contribution is 6.09. The molecule has 4 rings (SSSR count). The van der Waals surface area contributed by atoms with Gasteiger partial charge in [-0.2, -0.15) is 0 Å². The Morgan fingerprint density at radius 1 is 1.10 bits per heavy atom. The van der Waals surface area contributed by atoms with Gasteiger partial charge in [0.1, 0.15) is 12.1 Å². The normalized spacial score (nSPS) is 24.2. The molecule has 6 heteroatoms. The van der Waals surface area contributed by atoms with Crippen molar-refractivity contribution >= 4 is 17.8 Å². The van der Waals surface area contributed by atoms with Crippen LogP contribution < -0.4 is 10.6 Å². The fourth-order valence-electron chi connectivity index (χ4n) is 4.75. The van der Waals surface area contributed by atoms with Crippen LogP contribution in [0.3, 0.4) is 0 Å². The molecular weight excluding hydrogens is 390 g/mol. The Balaban J connectivity index is 1.38. The molecule has 2 aromatic carbocycles. The van der Waals surface area contributed by atoms with E-state index in [0.29, 0.717) is 6.42 Å². The van der Waals surface area contributed by atoms with Gasteiger partial charge in [0.25, 0.3) is 5.91 Å². The van der Waals surface area contributed by atoms with Crippen LogP contribution in [0.5, 0.6) is 0 Å². The van der Waals surface area contributed by atoms with E-state index < -0.39 is 11.6 Å². The summed E-state index contributed by atoms with van der Waals surface area (Å²) in [4.78, 5) is 39.2. The molecule has 162 valence electrons. The zero-order chi connectivity index (χ0) is 22.0. The van der Waals surface area contributed by atoms with Crippen LogP contribution in [0.2, 0.25) is 0 Å². The highest BCUT2D eigenvalue weighted by Gasteiger charge is 2.55. The van der Waals surface area contributed by atoms with Crippen LogP contribution in [0.25, 0.3) is 11.1 Å². The number of rotatable bonds is 5. The second-order valence-corrected chi connectivity index (χ2v) is 8.72. The number of nitrogens with one attached hydrogen (secondary N) is 2. The Kier molecular flexibility index (Phi) is 5.81. The predicted molar refractivity (Wildman–Crippen MR) is 119 cm³/mol. The fraction of sp³-hybridized carbons (Fsp3) is 0.400. The Bertz CT molecular complexity index is 973. The summed E-state index contributed by atoms with van der Waals surface area (Å²) in [5, 5.41) is 5.80. The van der Waals surface area contributed by atoms with Crippen molar-refractivity contribution in [3.8, 4) is 11.1 Å². The molecule has 2 N–H and O–H groups in total. The largest absolute Gasteiger partial charge is 0.348 e. The number of hydrogen-bond acceptors (Lipinski definition) is 3. The van der Waals surface area contributed by atoms with Crippen molar-refractivity contribution in [3.05, 3.63) is 60.2 Å². The van der Waals surface area contributed by atoms with Crippen molar-refractivity contribution in [2.45, 2.75) is 51.1 Å². The second-order valence-electron chi connectivity index (χ2n) is 8.72. The molecule has 0 bridgehead atoms. The molecule has 0 unspecified atom stereocenters. The molecule has 1 heterocycles. The van der Waals surface area contributed by atoms with Crippen LogP contribution in [0.1, 0.15) is 51.1 Å². The monoisotopic (exact) mass is 419 g/mol. The van der Waals surface area contributed by atoms with Crippen LogP contribution in [-0.2, 0) is 9.59 Å². The van der Waals surface area contributed by atoms with E-state index in [1.165, 1.54) is 0 Å². The van der Waals surface area contributed by atoms with Crippen molar-refractivity contribution in [2.75, 3.05) is 6.54 Å². The summed E-state index contributed by atoms with van der Waals surface area (Å²) in [5.41, 5.74) is 2.36. The van der Waals surface area contributed by atoms with E-state index in [1.807, 2.05) is 56.3 Å². The van der Waals surface area contributed by atoms with Crippen molar-refractivity contribution in [2.24, 2.45) is 5.92 Å². The molecule has 6 nitrogen and oxygen atoms in total. The molecule has 2 aromatic rings. The van der Waals surface area contributed by atoms with E-state index in [-0.39, 0.29) is 30.3 Å². The third-order valence-electron chi connectivity index (χ3n) is 6.70. The summed E-state index contributed by atoms with van der Waals surface area (Å²) in [6.45, 7) is 3.64. The molecule has 2 fully saturated rings. The number of carbonyl (C=O) groups is 3. The minimum atomic E-state index is -0.839. The van der Waals surface area contributed by atoms with Crippen molar-refractivity contribution in [3.63, 3.8) is 0 Å². The van der Waals surface area contributed by atoms with Gasteiger partial charge in [-0.05, 0) is 42.4 Å². The topological polar surface area (TPSA) is 78.5 Å². The first kappa shape index (κ1) is 21.1. The van der Waals surface area contributed by atoms with E-state index in [9.17, 15) is 14.4 Å². The molecule has 1 saturated heterocycles. The molecule has 1 aliphatic heterocycles. The first-order chi connectivity index (χ1) is 14.9. The fourth-order valence-corrected chi connectivity index (χ4v) is 4.75. The van der Waals surface area contributed by atoms with Gasteiger partial charge in [0, 0.05) is 0 Å². The summed E-state index contributed by atoms with van der Waals surface area (Å²) in [6.07, 6.45) is 3.52. The molecule has 1 spiro atoms. The minimum Gasteiger partial charge on any atom is -0.348 e. The molecular formula is C25H29N3O3. The van der Waals surface area contributed by atoms with E-state index in [2.05, 4.69) is 22.8 Å². The standard InChI is InChI=1S/C25H29N3O3/c1-17-8-6-7-15-25(17)23(30)28(24(31)27-25)16-22(29)26-18(2)19-11-13-21(14-12-19)20-9-4-3-5-10-20/h3-5,9-14,17-18H,6-8,15-16H2,1-2H3,(H,26,29)(H,27,31)/t17-,18+,25-/m1/s1. The van der Waals surface area contributed by atoms with Gasteiger partial charge in [0.05, 0.1) is 6.04 Å². The van der Waals surface area contributed by atoms with Crippen molar-refractivity contribution in [1.82, 2.24) is 15.5 Å². The van der Waals surface area contributed by atoms with E-state index in [1.54, 1.807) is 0 Å². The molecule has 3 atom stereocenters. The number of nitrogens with zero attached hydrogens (tertiary/aromatic N) is 1. The van der Waals surface area contributed by atoms with Crippen LogP contribution in [0.15, 0.2) is 54.6 Å². The Hall–Kier alpha value is -3.15. The van der Waals surface area contributed by atoms with Crippen molar-refractivity contribution < 1.29 is 14.4 Å². The lowest BCUT2D eigenvalue weighted by Crippen LogP contribution is -2.54. The van der Waals surface area contributed by atoms with Crippen LogP contribution in [0, 0.1) is 5.92 Å². The number of carbonyl (C=O) groups excluding carboxylic acids is 3. The number of imide groups is 1. The summed E-state index contributed by atoms with van der Waals surface area (Å²) < 4.78 is 0. The summed E-state index contributed by atoms with van der Waals surface area (Å²) in [5.74, 6) is -0.531. The average molecular weight is 420 g/mol. The SMILES string of the molecule is C[C@H](NC(=O)CN1C(=O)N[C@@]2(CCCC[C@H]2C)C1=O)c1ccc(-c2ccccc2)cc1. The molecule has 1 saturated carbocycles. The lowest BCUT2D eigenvalue weighted by atomic mass is 9.73. The molecule has 1 aliphatic carbocycles. The maximum absolute atomic E-state index is 13.0. The van der Waals surface area contributed by atoms with Gasteiger partial charge in [0.15, 0.2) is 0 Å². The molecule has 0 radical (unpaired) electrons. The second kappa shape index (κ2) is 8.53. The minimum absolute atomic E-state index is 0.0767. The molecule has 2 aliphatic rings. The summed E-state index contributed by atoms with van der Waals surface area (Å²) in [6, 6.07) is 17.4. The summed E-state index contributed by atoms with van der Waals surface area (Å²) in [7, 11) is 0. The lowest BCUT2D eigenvalue weighted by molar-refractivity contribution is -0.137. The van der Waals surface area contributed by atoms with Crippen molar-refractivity contribution in [1.29, 1.82) is 0 Å². The van der Waals surface area contributed by atoms with Crippen LogP contribution >= 0.6 is 0 Å². The predicted octanol–water partition coefficient (Wildman–Crippen LogP) is 4.03. The number of amides is 4. The lowest BCUT2D eigenvalue weighted by Gasteiger charge is -2.36. The smallest absolute Gasteiger partial charge is 0.325 e. The van der Waals surface area contributed by atoms with Gasteiger partial charge < -0.3 is 10.6 Å². The number of urea groups is 1. The van der Waals surface area contributed by atoms with Gasteiger partial charge in [-0.25, -0.2) is 4.79 Å². The van der Waals surface area contributed by atoms with Gasteiger partial charge in [0.2, 0.25) is 5.91 Å². The summed E-state index contributed by atoms with van der Waals surface area (Å²) >= 11 is 0. The Morgan fingerprint density at radius 2 is 1.77 bits per heavy atom. The first-order valence-electron chi connectivity index (χ1n) is 11.0. The first-order valence-corrected chi connectivity index (χ1v) is 11.0. The maximum atomic E-state index is 13.0. The highest BCUT2D eigenvalue weighted by Crippen LogP contribution is 2.38. The highest BCUT2D eigenvalue weighted by atomic mass is 16.2. The van der Waals surface area contributed by atoms with E-state index >= 15 is 0 Å². The Labute approximate surface area is 183 Å². The molecule has 4 amide bonds. The third-order valence-corrected chi connectivity index (χ3v) is 6.70. The quantitative estimate of drug-likeness (QED) is 0.718. The van der Waals surface area contributed by atoms with Gasteiger partial charge in [-0.1, -0.05) is 74.4 Å². The Morgan fingerprint density at radius 3 is 2.45 bits per heavy atom. The third kappa shape index (κ3) is 4.07. The zero-order valence-corrected chi connectivity index (χ0v) is 18.1. The number of hydrogen-bond donors (Lipinski definition) is 2. The van der Waals surface area contributed by atoms with Crippen LogP contribution in [-0.4, -0.2) is 34.8 Å². The molecule has 31 heavy (non-hydrogen) atoms. The van der Waals surface area contributed by atoms with Crippen LogP contribution in [0.4, 0.5) is 4.79 Å². The maximum Gasteiger partial charge on any atom is 0.325 e. The average Bonchev–Trinajstić information content (AvgIpc) is 3.01. The van der Waals surface area contributed by atoms with E-state index in [4.69, 9.17) is 0 Å². The van der Waals surface area contributed by atoms with Gasteiger partial charge >= 0.3 is 6.03 Å². The zero-order valence-electron chi connectivity index (χ0n) is 18.1. The van der Waals surface area contributed by atoms with Gasteiger partial charge in [-0.15, -0.1) is 0 Å². The van der Waals surface area contributed by atoms with Gasteiger partial charge in [-0.3, -0.25) is 14.5 Å². The number of benzene rings is 2. The van der Waals surface area contributed by atoms with E-state index in [0.717, 1.165) is 40.9 Å².